The summed E-state index contributed by atoms with van der Waals surface area (Å²) in [7, 11) is 0. The van der Waals surface area contributed by atoms with Crippen molar-refractivity contribution in [1.82, 2.24) is 4.98 Å². The number of ether oxygens (including phenoxy) is 1. The Hall–Kier alpha value is -1.59. The second-order valence-corrected chi connectivity index (χ2v) is 4.30. The number of aromatic nitrogens is 1. The highest BCUT2D eigenvalue weighted by Crippen LogP contribution is 2.40. The lowest BCUT2D eigenvalue weighted by Gasteiger charge is -2.15. The van der Waals surface area contributed by atoms with Crippen LogP contribution >= 0.6 is 11.3 Å². The number of fused-ring (bicyclic) bond motifs is 3. The summed E-state index contributed by atoms with van der Waals surface area (Å²) in [5, 5.41) is 0.723. The molecular weight excluding hydrogens is 210 g/mol. The number of nitrogens with zero attached hydrogens (tertiary/aromatic N) is 1. The van der Waals surface area contributed by atoms with Crippen molar-refractivity contribution in [3.8, 4) is 17.0 Å². The fourth-order valence-electron chi connectivity index (χ4n) is 1.65. The van der Waals surface area contributed by atoms with E-state index in [9.17, 15) is 0 Å². The summed E-state index contributed by atoms with van der Waals surface area (Å²) in [6.07, 6.45) is 0. The summed E-state index contributed by atoms with van der Waals surface area (Å²) in [5.41, 5.74) is 4.59. The van der Waals surface area contributed by atoms with Gasteiger partial charge in [-0.05, 0) is 12.1 Å². The third-order valence-corrected chi connectivity index (χ3v) is 3.28. The van der Waals surface area contributed by atoms with Crippen LogP contribution in [0.4, 0.5) is 5.13 Å². The molecule has 15 heavy (non-hydrogen) atoms. The molecule has 1 aromatic carbocycles. The van der Waals surface area contributed by atoms with Gasteiger partial charge in [-0.25, -0.2) is 10.8 Å². The molecule has 0 spiro atoms. The quantitative estimate of drug-likeness (QED) is 0.569. The number of hydrazine groups is 1. The third-order valence-electron chi connectivity index (χ3n) is 2.32. The summed E-state index contributed by atoms with van der Waals surface area (Å²) in [6, 6.07) is 7.89. The second-order valence-electron chi connectivity index (χ2n) is 3.22. The number of anilines is 1. The molecule has 3 N–H and O–H groups in total. The molecule has 1 aliphatic heterocycles. The normalized spacial score (nSPS) is 12.6. The number of benzene rings is 1. The van der Waals surface area contributed by atoms with E-state index in [4.69, 9.17) is 10.6 Å². The lowest BCUT2D eigenvalue weighted by atomic mass is 10.1. The SMILES string of the molecule is NNc1nc2c(s1)COc1ccccc1-2. The van der Waals surface area contributed by atoms with Crippen molar-refractivity contribution in [2.24, 2.45) is 5.84 Å². The van der Waals surface area contributed by atoms with Crippen molar-refractivity contribution in [2.75, 3.05) is 5.43 Å². The molecule has 0 fully saturated rings. The van der Waals surface area contributed by atoms with E-state index in [1.54, 1.807) is 0 Å². The van der Waals surface area contributed by atoms with Gasteiger partial charge in [0.1, 0.15) is 12.4 Å². The molecule has 3 rings (SSSR count). The average molecular weight is 219 g/mol. The number of hydrogen-bond acceptors (Lipinski definition) is 5. The molecule has 2 aromatic rings. The Morgan fingerprint density at radius 3 is 3.13 bits per heavy atom. The maximum absolute atomic E-state index is 5.61. The van der Waals surface area contributed by atoms with Gasteiger partial charge in [0.25, 0.3) is 0 Å². The summed E-state index contributed by atoms with van der Waals surface area (Å²) in [5.74, 6) is 6.23. The van der Waals surface area contributed by atoms with Crippen LogP contribution in [0, 0.1) is 0 Å². The lowest BCUT2D eigenvalue weighted by molar-refractivity contribution is 0.305. The molecule has 1 aliphatic rings. The van der Waals surface area contributed by atoms with E-state index in [1.807, 2.05) is 24.3 Å². The van der Waals surface area contributed by atoms with Gasteiger partial charge < -0.3 is 4.74 Å². The molecule has 5 heteroatoms. The number of rotatable bonds is 1. The smallest absolute Gasteiger partial charge is 0.197 e. The standard InChI is InChI=1S/C10H9N3OS/c11-13-10-12-9-6-3-1-2-4-7(6)14-5-8(9)15-10/h1-4H,5,11H2,(H,12,13). The Morgan fingerprint density at radius 1 is 1.40 bits per heavy atom. The van der Waals surface area contributed by atoms with Crippen LogP contribution in [-0.4, -0.2) is 4.98 Å². The van der Waals surface area contributed by atoms with Crippen molar-refractivity contribution in [3.63, 3.8) is 0 Å². The molecule has 1 aromatic heterocycles. The number of nitrogen functional groups attached to an aromatic ring is 1. The highest BCUT2D eigenvalue weighted by Gasteiger charge is 2.21. The molecule has 0 amide bonds. The summed E-state index contributed by atoms with van der Waals surface area (Å²) >= 11 is 1.53. The third kappa shape index (κ3) is 1.28. The maximum Gasteiger partial charge on any atom is 0.197 e. The van der Waals surface area contributed by atoms with Gasteiger partial charge in [-0.3, -0.25) is 5.43 Å². The zero-order valence-corrected chi connectivity index (χ0v) is 8.67. The highest BCUT2D eigenvalue weighted by molar-refractivity contribution is 7.16. The average Bonchev–Trinajstić information content (AvgIpc) is 2.72. The van der Waals surface area contributed by atoms with E-state index in [0.717, 1.165) is 27.0 Å². The fraction of sp³-hybridized carbons (Fsp3) is 0.100. The van der Waals surface area contributed by atoms with Crippen LogP contribution in [0.3, 0.4) is 0 Å². The van der Waals surface area contributed by atoms with Gasteiger partial charge in [0.15, 0.2) is 5.13 Å². The molecule has 2 heterocycles. The van der Waals surface area contributed by atoms with Crippen molar-refractivity contribution < 1.29 is 4.74 Å². The second kappa shape index (κ2) is 3.22. The van der Waals surface area contributed by atoms with E-state index < -0.39 is 0 Å². The van der Waals surface area contributed by atoms with E-state index >= 15 is 0 Å². The van der Waals surface area contributed by atoms with E-state index in [1.165, 1.54) is 11.3 Å². The van der Waals surface area contributed by atoms with Gasteiger partial charge in [-0.15, -0.1) is 0 Å². The zero-order valence-electron chi connectivity index (χ0n) is 7.86. The van der Waals surface area contributed by atoms with Crippen LogP contribution in [0.25, 0.3) is 11.3 Å². The van der Waals surface area contributed by atoms with E-state index in [2.05, 4.69) is 10.4 Å². The first-order chi connectivity index (χ1) is 7.38. The first-order valence-electron chi connectivity index (χ1n) is 4.57. The molecule has 0 radical (unpaired) electrons. The van der Waals surface area contributed by atoms with Gasteiger partial charge in [0.2, 0.25) is 0 Å². The minimum Gasteiger partial charge on any atom is -0.487 e. The summed E-state index contributed by atoms with van der Waals surface area (Å²) in [4.78, 5) is 5.53. The van der Waals surface area contributed by atoms with Gasteiger partial charge >= 0.3 is 0 Å². The summed E-state index contributed by atoms with van der Waals surface area (Å²) in [6.45, 7) is 0.575. The first-order valence-corrected chi connectivity index (χ1v) is 5.38. The molecule has 0 aliphatic carbocycles. The monoisotopic (exact) mass is 219 g/mol. The maximum atomic E-state index is 5.61. The van der Waals surface area contributed by atoms with E-state index in [-0.39, 0.29) is 0 Å². The van der Waals surface area contributed by atoms with Crippen LogP contribution in [0.2, 0.25) is 0 Å². The molecule has 0 unspecified atom stereocenters. The fourth-order valence-corrected chi connectivity index (χ4v) is 2.45. The van der Waals surface area contributed by atoms with Crippen molar-refractivity contribution in [2.45, 2.75) is 6.61 Å². The topological polar surface area (TPSA) is 60.2 Å². The van der Waals surface area contributed by atoms with Crippen molar-refractivity contribution >= 4 is 16.5 Å². The van der Waals surface area contributed by atoms with Crippen LogP contribution in [0.5, 0.6) is 5.75 Å². The molecule has 0 saturated carbocycles. The largest absolute Gasteiger partial charge is 0.487 e. The highest BCUT2D eigenvalue weighted by atomic mass is 32.1. The summed E-state index contributed by atoms with van der Waals surface area (Å²) < 4.78 is 5.61. The predicted molar refractivity (Wildman–Crippen MR) is 59.7 cm³/mol. The zero-order chi connectivity index (χ0) is 10.3. The van der Waals surface area contributed by atoms with Crippen LogP contribution < -0.4 is 16.0 Å². The molecule has 0 bridgehead atoms. The predicted octanol–water partition coefficient (Wildman–Crippen LogP) is 1.99. The lowest BCUT2D eigenvalue weighted by Crippen LogP contribution is -2.05. The van der Waals surface area contributed by atoms with E-state index in [0.29, 0.717) is 6.61 Å². The van der Waals surface area contributed by atoms with Gasteiger partial charge in [-0.1, -0.05) is 23.5 Å². The van der Waals surface area contributed by atoms with Gasteiger partial charge in [0.05, 0.1) is 10.6 Å². The Balaban J connectivity index is 2.20. The van der Waals surface area contributed by atoms with Crippen LogP contribution in [0.1, 0.15) is 4.88 Å². The number of nitrogens with two attached hydrogens (primary N) is 1. The Morgan fingerprint density at radius 2 is 2.27 bits per heavy atom. The van der Waals surface area contributed by atoms with Gasteiger partial charge in [-0.2, -0.15) is 0 Å². The Bertz CT molecular complexity index is 509. The van der Waals surface area contributed by atoms with Gasteiger partial charge in [0, 0.05) is 5.56 Å². The first kappa shape index (κ1) is 8.70. The molecule has 4 nitrogen and oxygen atoms in total. The minimum absolute atomic E-state index is 0.575. The number of nitrogens with one attached hydrogen (secondary N) is 1. The molecule has 0 atom stereocenters. The van der Waals surface area contributed by atoms with Crippen molar-refractivity contribution in [1.29, 1.82) is 0 Å². The van der Waals surface area contributed by atoms with Crippen molar-refractivity contribution in [3.05, 3.63) is 29.1 Å². The minimum atomic E-state index is 0.575. The van der Waals surface area contributed by atoms with Crippen LogP contribution in [-0.2, 0) is 6.61 Å². The molecular formula is C10H9N3OS. The Labute approximate surface area is 90.7 Å². The number of thiazole rings is 1. The van der Waals surface area contributed by atoms with Crippen LogP contribution in [0.15, 0.2) is 24.3 Å². The number of hydrogen-bond donors (Lipinski definition) is 2. The number of para-hydroxylation sites is 1. The molecule has 0 saturated heterocycles. The molecule has 76 valence electrons. The Kier molecular flexibility index (Phi) is 1.87.